The van der Waals surface area contributed by atoms with Crippen LogP contribution in [0.2, 0.25) is 0 Å². The molecule has 1 heterocycles. The number of carbonyl (C=O) groups is 1. The third kappa shape index (κ3) is 2.89. The van der Waals surface area contributed by atoms with Crippen molar-refractivity contribution >= 4 is 6.03 Å². The molecule has 0 radical (unpaired) electrons. The summed E-state index contributed by atoms with van der Waals surface area (Å²) in [4.78, 5) is 13.9. The van der Waals surface area contributed by atoms with Crippen molar-refractivity contribution in [2.24, 2.45) is 0 Å². The van der Waals surface area contributed by atoms with Gasteiger partial charge >= 0.3 is 6.03 Å². The summed E-state index contributed by atoms with van der Waals surface area (Å²) in [5.41, 5.74) is 1.16. The second-order valence-electron chi connectivity index (χ2n) is 5.53. The standard InChI is InChI=1S/C15H20N2O2/c18-14-8-9-17(15(19)16-12-6-7-12)13(14)10-11-4-2-1-3-5-11/h1-5,12-14,18H,6-10H2,(H,16,19)/t13-,14-/m0/s1. The van der Waals surface area contributed by atoms with Crippen molar-refractivity contribution in [3.63, 3.8) is 0 Å². The molecule has 4 nitrogen and oxygen atoms in total. The van der Waals surface area contributed by atoms with E-state index in [9.17, 15) is 9.90 Å². The average molecular weight is 260 g/mol. The van der Waals surface area contributed by atoms with Crippen molar-refractivity contribution in [3.05, 3.63) is 35.9 Å². The number of hydrogen-bond donors (Lipinski definition) is 2. The Labute approximate surface area is 113 Å². The number of likely N-dealkylation sites (tertiary alicyclic amines) is 1. The molecule has 1 aromatic carbocycles. The Kier molecular flexibility index (Phi) is 3.42. The Balaban J connectivity index is 1.67. The molecule has 0 spiro atoms. The van der Waals surface area contributed by atoms with Crippen LogP contribution in [0.3, 0.4) is 0 Å². The number of aliphatic hydroxyl groups excluding tert-OH is 1. The number of nitrogens with one attached hydrogen (secondary N) is 1. The fourth-order valence-electron chi connectivity index (χ4n) is 2.68. The summed E-state index contributed by atoms with van der Waals surface area (Å²) in [6.07, 6.45) is 3.16. The second kappa shape index (κ2) is 5.21. The lowest BCUT2D eigenvalue weighted by Crippen LogP contribution is -2.46. The van der Waals surface area contributed by atoms with Crippen molar-refractivity contribution in [1.29, 1.82) is 0 Å². The number of nitrogens with zero attached hydrogens (tertiary/aromatic N) is 1. The summed E-state index contributed by atoms with van der Waals surface area (Å²) >= 11 is 0. The Hall–Kier alpha value is -1.55. The van der Waals surface area contributed by atoms with E-state index in [2.05, 4.69) is 5.32 Å². The molecule has 1 aromatic rings. The van der Waals surface area contributed by atoms with E-state index in [1.54, 1.807) is 4.90 Å². The maximum absolute atomic E-state index is 12.1. The lowest BCUT2D eigenvalue weighted by Gasteiger charge is -2.26. The quantitative estimate of drug-likeness (QED) is 0.866. The molecular weight excluding hydrogens is 240 g/mol. The third-order valence-electron chi connectivity index (χ3n) is 3.96. The number of carbonyl (C=O) groups excluding carboxylic acids is 1. The van der Waals surface area contributed by atoms with Crippen LogP contribution in [-0.4, -0.2) is 40.8 Å². The fourth-order valence-corrected chi connectivity index (χ4v) is 2.68. The van der Waals surface area contributed by atoms with Crippen LogP contribution in [0.15, 0.2) is 30.3 Å². The summed E-state index contributed by atoms with van der Waals surface area (Å²) in [5.74, 6) is 0. The van der Waals surface area contributed by atoms with E-state index in [-0.39, 0.29) is 12.1 Å². The minimum absolute atomic E-state index is 0.0139. The predicted molar refractivity (Wildman–Crippen MR) is 72.8 cm³/mol. The van der Waals surface area contributed by atoms with Crippen LogP contribution < -0.4 is 5.32 Å². The zero-order chi connectivity index (χ0) is 13.2. The summed E-state index contributed by atoms with van der Waals surface area (Å²) < 4.78 is 0. The van der Waals surface area contributed by atoms with Crippen LogP contribution in [0.1, 0.15) is 24.8 Å². The number of aliphatic hydroxyl groups is 1. The Bertz CT molecular complexity index is 445. The van der Waals surface area contributed by atoms with Gasteiger partial charge < -0.3 is 15.3 Å². The first kappa shape index (κ1) is 12.5. The fraction of sp³-hybridized carbons (Fsp3) is 0.533. The van der Waals surface area contributed by atoms with Crippen molar-refractivity contribution in [2.45, 2.75) is 43.9 Å². The number of hydrogen-bond acceptors (Lipinski definition) is 2. The number of urea groups is 1. The highest BCUT2D eigenvalue weighted by Crippen LogP contribution is 2.24. The van der Waals surface area contributed by atoms with Gasteiger partial charge in [0.05, 0.1) is 12.1 Å². The van der Waals surface area contributed by atoms with Gasteiger partial charge in [0.2, 0.25) is 0 Å². The molecular formula is C15H20N2O2. The van der Waals surface area contributed by atoms with E-state index in [0.29, 0.717) is 19.0 Å². The van der Waals surface area contributed by atoms with Gasteiger partial charge in [0, 0.05) is 12.6 Å². The van der Waals surface area contributed by atoms with Crippen molar-refractivity contribution in [3.8, 4) is 0 Å². The number of benzene rings is 1. The van der Waals surface area contributed by atoms with Gasteiger partial charge in [0.1, 0.15) is 0 Å². The Morgan fingerprint density at radius 1 is 1.26 bits per heavy atom. The van der Waals surface area contributed by atoms with E-state index in [4.69, 9.17) is 0 Å². The van der Waals surface area contributed by atoms with Crippen LogP contribution in [0.4, 0.5) is 4.79 Å². The molecule has 0 unspecified atom stereocenters. The SMILES string of the molecule is O=C(NC1CC1)N1CC[C@H](O)[C@@H]1Cc1ccccc1. The molecule has 3 rings (SSSR count). The molecule has 1 saturated carbocycles. The average Bonchev–Trinajstić information content (AvgIpc) is 3.15. The monoisotopic (exact) mass is 260 g/mol. The van der Waals surface area contributed by atoms with Crippen molar-refractivity contribution in [1.82, 2.24) is 10.2 Å². The molecule has 2 fully saturated rings. The second-order valence-corrected chi connectivity index (χ2v) is 5.53. The third-order valence-corrected chi connectivity index (χ3v) is 3.96. The number of amides is 2. The molecule has 2 amide bonds. The lowest BCUT2D eigenvalue weighted by molar-refractivity contribution is 0.122. The molecule has 1 saturated heterocycles. The summed E-state index contributed by atoms with van der Waals surface area (Å²) in [6.45, 7) is 0.650. The zero-order valence-corrected chi connectivity index (χ0v) is 11.0. The summed E-state index contributed by atoms with van der Waals surface area (Å²) in [5, 5.41) is 13.1. The number of rotatable bonds is 3. The van der Waals surface area contributed by atoms with E-state index in [1.807, 2.05) is 30.3 Å². The molecule has 102 valence electrons. The highest BCUT2D eigenvalue weighted by Gasteiger charge is 2.37. The van der Waals surface area contributed by atoms with Crippen LogP contribution in [0.25, 0.3) is 0 Å². The van der Waals surface area contributed by atoms with Crippen LogP contribution in [0, 0.1) is 0 Å². The summed E-state index contributed by atoms with van der Waals surface area (Å²) in [6, 6.07) is 10.3. The maximum atomic E-state index is 12.1. The molecule has 1 aliphatic heterocycles. The van der Waals surface area contributed by atoms with Gasteiger partial charge in [-0.25, -0.2) is 4.79 Å². The Morgan fingerprint density at radius 2 is 2.00 bits per heavy atom. The highest BCUT2D eigenvalue weighted by atomic mass is 16.3. The van der Waals surface area contributed by atoms with Gasteiger partial charge in [-0.15, -0.1) is 0 Å². The molecule has 2 aliphatic rings. The van der Waals surface area contributed by atoms with Crippen LogP contribution >= 0.6 is 0 Å². The molecule has 19 heavy (non-hydrogen) atoms. The minimum Gasteiger partial charge on any atom is -0.391 e. The van der Waals surface area contributed by atoms with Crippen LogP contribution in [-0.2, 0) is 6.42 Å². The molecule has 4 heteroatoms. The molecule has 2 N–H and O–H groups in total. The first-order chi connectivity index (χ1) is 9.24. The van der Waals surface area contributed by atoms with E-state index < -0.39 is 6.10 Å². The zero-order valence-electron chi connectivity index (χ0n) is 11.0. The van der Waals surface area contributed by atoms with E-state index in [1.165, 1.54) is 0 Å². The van der Waals surface area contributed by atoms with Gasteiger partial charge in [0.15, 0.2) is 0 Å². The smallest absolute Gasteiger partial charge is 0.317 e. The summed E-state index contributed by atoms with van der Waals surface area (Å²) in [7, 11) is 0. The van der Waals surface area contributed by atoms with E-state index in [0.717, 1.165) is 24.8 Å². The highest BCUT2D eigenvalue weighted by molar-refractivity contribution is 5.75. The Morgan fingerprint density at radius 3 is 2.68 bits per heavy atom. The lowest BCUT2D eigenvalue weighted by atomic mass is 10.0. The van der Waals surface area contributed by atoms with Crippen molar-refractivity contribution in [2.75, 3.05) is 6.54 Å². The largest absolute Gasteiger partial charge is 0.391 e. The van der Waals surface area contributed by atoms with Crippen LogP contribution in [0.5, 0.6) is 0 Å². The first-order valence-electron chi connectivity index (χ1n) is 7.03. The topological polar surface area (TPSA) is 52.6 Å². The van der Waals surface area contributed by atoms with Gasteiger partial charge in [-0.2, -0.15) is 0 Å². The van der Waals surface area contributed by atoms with Crippen molar-refractivity contribution < 1.29 is 9.90 Å². The minimum atomic E-state index is -0.412. The first-order valence-corrected chi connectivity index (χ1v) is 7.03. The normalized spacial score (nSPS) is 26.5. The van der Waals surface area contributed by atoms with E-state index >= 15 is 0 Å². The molecule has 0 aromatic heterocycles. The van der Waals surface area contributed by atoms with Gasteiger partial charge in [-0.1, -0.05) is 30.3 Å². The maximum Gasteiger partial charge on any atom is 0.317 e. The molecule has 0 bridgehead atoms. The van der Waals surface area contributed by atoms with Gasteiger partial charge in [-0.3, -0.25) is 0 Å². The van der Waals surface area contributed by atoms with Gasteiger partial charge in [-0.05, 0) is 31.2 Å². The van der Waals surface area contributed by atoms with Gasteiger partial charge in [0.25, 0.3) is 0 Å². The molecule has 2 atom stereocenters. The predicted octanol–water partition coefficient (Wildman–Crippen LogP) is 1.54. The molecule has 1 aliphatic carbocycles.